The van der Waals surface area contributed by atoms with E-state index in [1.807, 2.05) is 41.5 Å². The van der Waals surface area contributed by atoms with E-state index in [1.54, 1.807) is 28.4 Å². The molecular weight excluding hydrogens is 322 g/mol. The topological polar surface area (TPSA) is 52.5 Å². The molecule has 1 heterocycles. The fraction of sp³-hybridized carbons (Fsp3) is 0.368. The number of ether oxygens (including phenoxy) is 4. The molecule has 6 nitrogen and oxygen atoms in total. The van der Waals surface area contributed by atoms with Gasteiger partial charge in [-0.2, -0.15) is 5.06 Å². The quantitative estimate of drug-likeness (QED) is 0.685. The van der Waals surface area contributed by atoms with E-state index in [1.165, 1.54) is 5.56 Å². The molecule has 0 spiro atoms. The van der Waals surface area contributed by atoms with Crippen molar-refractivity contribution in [2.75, 3.05) is 35.0 Å². The molecule has 6 heteroatoms. The highest BCUT2D eigenvalue weighted by molar-refractivity contribution is 5.44. The zero-order chi connectivity index (χ0) is 17.8. The van der Waals surface area contributed by atoms with Crippen LogP contribution in [0.1, 0.15) is 17.4 Å². The maximum atomic E-state index is 5.68. The van der Waals surface area contributed by atoms with Crippen molar-refractivity contribution in [1.29, 1.82) is 0 Å². The van der Waals surface area contributed by atoms with Gasteiger partial charge in [0.15, 0.2) is 29.2 Å². The Morgan fingerprint density at radius 1 is 0.800 bits per heavy atom. The van der Waals surface area contributed by atoms with Crippen LogP contribution in [0.5, 0.6) is 23.0 Å². The van der Waals surface area contributed by atoms with Crippen LogP contribution >= 0.6 is 0 Å². The van der Waals surface area contributed by atoms with Crippen molar-refractivity contribution in [2.24, 2.45) is 0 Å². The van der Waals surface area contributed by atoms with Gasteiger partial charge < -0.3 is 18.9 Å². The lowest BCUT2D eigenvalue weighted by atomic mass is 10.1. The molecule has 0 aromatic heterocycles. The van der Waals surface area contributed by atoms with Crippen LogP contribution in [0.2, 0.25) is 0 Å². The molecule has 25 heavy (non-hydrogen) atoms. The number of hydrogen-bond acceptors (Lipinski definition) is 6. The zero-order valence-electron chi connectivity index (χ0n) is 14.9. The first kappa shape index (κ1) is 17.4. The maximum Gasteiger partial charge on any atom is 0.180 e. The third-order valence-electron chi connectivity index (χ3n) is 4.21. The first-order valence-electron chi connectivity index (χ1n) is 8.06. The number of nitrogens with zero attached hydrogens (tertiary/aromatic N) is 1. The van der Waals surface area contributed by atoms with Crippen molar-refractivity contribution in [3.8, 4) is 23.0 Å². The molecule has 0 radical (unpaired) electrons. The summed E-state index contributed by atoms with van der Waals surface area (Å²) in [4.78, 5) is 5.68. The summed E-state index contributed by atoms with van der Waals surface area (Å²) in [6.07, 6.45) is 0.810. The summed E-state index contributed by atoms with van der Waals surface area (Å²) in [5, 5.41) is 1.94. The normalized spacial score (nSPS) is 18.6. The number of hydroxylamine groups is 2. The van der Waals surface area contributed by atoms with Crippen molar-refractivity contribution in [3.63, 3.8) is 0 Å². The first-order valence-corrected chi connectivity index (χ1v) is 8.06. The molecule has 0 amide bonds. The molecule has 1 aliphatic rings. The molecule has 1 fully saturated rings. The van der Waals surface area contributed by atoms with Gasteiger partial charge in [-0.25, -0.2) is 0 Å². The lowest BCUT2D eigenvalue weighted by Crippen LogP contribution is -2.05. The van der Waals surface area contributed by atoms with Crippen molar-refractivity contribution in [2.45, 2.75) is 12.6 Å². The minimum absolute atomic E-state index is 0.0417. The van der Waals surface area contributed by atoms with Crippen LogP contribution in [-0.4, -0.2) is 40.0 Å². The Labute approximate surface area is 147 Å². The highest BCUT2D eigenvalue weighted by atomic mass is 16.8. The van der Waals surface area contributed by atoms with Gasteiger partial charge in [-0.3, -0.25) is 4.84 Å². The van der Waals surface area contributed by atoms with Crippen molar-refractivity contribution in [3.05, 3.63) is 47.5 Å². The fourth-order valence-electron chi connectivity index (χ4n) is 2.78. The molecule has 2 atom stereocenters. The molecule has 1 saturated heterocycles. The smallest absolute Gasteiger partial charge is 0.180 e. The van der Waals surface area contributed by atoms with Gasteiger partial charge in [0.2, 0.25) is 0 Å². The van der Waals surface area contributed by atoms with Crippen molar-refractivity contribution < 1.29 is 23.8 Å². The summed E-state index contributed by atoms with van der Waals surface area (Å²) >= 11 is 0. The Bertz CT molecular complexity index is 734. The Morgan fingerprint density at radius 2 is 1.40 bits per heavy atom. The second-order valence-corrected chi connectivity index (χ2v) is 5.65. The fourth-order valence-corrected chi connectivity index (χ4v) is 2.78. The molecule has 0 bridgehead atoms. The summed E-state index contributed by atoms with van der Waals surface area (Å²) in [6.45, 7) is 0.786. The van der Waals surface area contributed by atoms with Gasteiger partial charge in [0.05, 0.1) is 28.4 Å². The Hall–Kier alpha value is -2.44. The Kier molecular flexibility index (Phi) is 5.31. The van der Waals surface area contributed by atoms with E-state index in [0.29, 0.717) is 11.5 Å². The molecule has 0 aliphatic carbocycles. The van der Waals surface area contributed by atoms with Gasteiger partial charge in [-0.05, 0) is 36.2 Å². The maximum absolute atomic E-state index is 5.68. The summed E-state index contributed by atoms with van der Waals surface area (Å²) in [6, 6.07) is 11.8. The summed E-state index contributed by atoms with van der Waals surface area (Å²) in [7, 11) is 6.53. The van der Waals surface area contributed by atoms with Crippen LogP contribution in [-0.2, 0) is 11.3 Å². The average Bonchev–Trinajstić information content (AvgIpc) is 3.45. The lowest BCUT2D eigenvalue weighted by Gasteiger charge is -2.09. The van der Waals surface area contributed by atoms with Gasteiger partial charge in [0.25, 0.3) is 0 Å². The number of hydrogen-bond donors (Lipinski definition) is 0. The molecule has 0 N–H and O–H groups in total. The third kappa shape index (κ3) is 3.81. The van der Waals surface area contributed by atoms with E-state index in [0.717, 1.165) is 30.0 Å². The SMILES string of the molecule is COc1ccc(CCN2O[C@@H]2c2ccc(OC)c(OC)c2)cc1OC. The number of benzene rings is 2. The molecule has 134 valence electrons. The molecule has 3 rings (SSSR count). The minimum Gasteiger partial charge on any atom is -0.493 e. The van der Waals surface area contributed by atoms with Crippen LogP contribution in [0.4, 0.5) is 0 Å². The summed E-state index contributed by atoms with van der Waals surface area (Å²) in [5.41, 5.74) is 2.21. The van der Waals surface area contributed by atoms with Crippen LogP contribution < -0.4 is 18.9 Å². The van der Waals surface area contributed by atoms with Gasteiger partial charge in [-0.15, -0.1) is 0 Å². The average molecular weight is 345 g/mol. The Morgan fingerprint density at radius 3 is 2.04 bits per heavy atom. The summed E-state index contributed by atoms with van der Waals surface area (Å²) < 4.78 is 21.2. The highest BCUT2D eigenvalue weighted by Gasteiger charge is 2.37. The largest absolute Gasteiger partial charge is 0.493 e. The second-order valence-electron chi connectivity index (χ2n) is 5.65. The van der Waals surface area contributed by atoms with E-state index >= 15 is 0 Å². The monoisotopic (exact) mass is 345 g/mol. The Balaban J connectivity index is 1.60. The lowest BCUT2D eigenvalue weighted by molar-refractivity contribution is 0.200. The number of rotatable bonds is 8. The van der Waals surface area contributed by atoms with Crippen LogP contribution in [0, 0.1) is 0 Å². The van der Waals surface area contributed by atoms with E-state index in [9.17, 15) is 0 Å². The van der Waals surface area contributed by atoms with E-state index in [4.69, 9.17) is 23.8 Å². The van der Waals surface area contributed by atoms with Gasteiger partial charge >= 0.3 is 0 Å². The van der Waals surface area contributed by atoms with Crippen LogP contribution in [0.25, 0.3) is 0 Å². The molecule has 0 saturated carbocycles. The molecule has 1 aliphatic heterocycles. The second kappa shape index (κ2) is 7.63. The molecule has 2 aromatic carbocycles. The van der Waals surface area contributed by atoms with E-state index in [-0.39, 0.29) is 6.23 Å². The summed E-state index contributed by atoms with van der Waals surface area (Å²) in [5.74, 6) is 2.89. The van der Waals surface area contributed by atoms with Crippen molar-refractivity contribution >= 4 is 0 Å². The zero-order valence-corrected chi connectivity index (χ0v) is 14.9. The van der Waals surface area contributed by atoms with Gasteiger partial charge in [0, 0.05) is 12.1 Å². The predicted molar refractivity (Wildman–Crippen MR) is 93.3 cm³/mol. The molecular formula is C19H23NO5. The van der Waals surface area contributed by atoms with Crippen LogP contribution in [0.3, 0.4) is 0 Å². The van der Waals surface area contributed by atoms with Crippen LogP contribution in [0.15, 0.2) is 36.4 Å². The van der Waals surface area contributed by atoms with Gasteiger partial charge in [0.1, 0.15) is 0 Å². The first-order chi connectivity index (χ1) is 12.2. The molecule has 1 unspecified atom stereocenters. The molecule has 2 aromatic rings. The van der Waals surface area contributed by atoms with Gasteiger partial charge in [-0.1, -0.05) is 12.1 Å². The third-order valence-corrected chi connectivity index (χ3v) is 4.21. The minimum atomic E-state index is -0.0417. The van der Waals surface area contributed by atoms with Crippen molar-refractivity contribution in [1.82, 2.24) is 5.06 Å². The predicted octanol–water partition coefficient (Wildman–Crippen LogP) is 3.21. The highest BCUT2D eigenvalue weighted by Crippen LogP contribution is 2.40. The van der Waals surface area contributed by atoms with E-state index in [2.05, 4.69) is 0 Å². The van der Waals surface area contributed by atoms with E-state index < -0.39 is 0 Å². The number of methoxy groups -OCH3 is 4. The standard InChI is InChI=1S/C19H23NO5/c1-21-15-7-5-13(11-17(15)23-3)9-10-20-19(25-20)14-6-8-16(22-2)18(12-14)24-4/h5-8,11-12,19H,9-10H2,1-4H3/t19-,20?/m1/s1.